The van der Waals surface area contributed by atoms with Crippen LogP contribution in [0.2, 0.25) is 0 Å². The van der Waals surface area contributed by atoms with Gasteiger partial charge in [-0.05, 0) is 30.9 Å². The van der Waals surface area contributed by atoms with Gasteiger partial charge in [0.05, 0.1) is 4.92 Å². The number of likely N-dealkylation sites (tertiary alicyclic amines) is 1. The van der Waals surface area contributed by atoms with Crippen molar-refractivity contribution in [3.8, 4) is 5.75 Å². The molecule has 0 spiro atoms. The summed E-state index contributed by atoms with van der Waals surface area (Å²) in [5.41, 5.74) is 5.59. The van der Waals surface area contributed by atoms with Gasteiger partial charge >= 0.3 is 5.69 Å². The molecule has 1 aromatic carbocycles. The molecule has 2 unspecified atom stereocenters. The van der Waals surface area contributed by atoms with Crippen LogP contribution in [0.25, 0.3) is 0 Å². The fourth-order valence-corrected chi connectivity index (χ4v) is 2.84. The number of nitrogens with zero attached hydrogens (tertiary/aromatic N) is 2. The number of nitro groups is 1. The number of amides is 1. The van der Waals surface area contributed by atoms with Crippen molar-refractivity contribution in [3.05, 3.63) is 33.9 Å². The molecule has 1 amide bonds. The normalized spacial score (nSPS) is 21.1. The van der Waals surface area contributed by atoms with Gasteiger partial charge < -0.3 is 15.7 Å². The lowest BCUT2D eigenvalue weighted by Crippen LogP contribution is -2.51. The van der Waals surface area contributed by atoms with Gasteiger partial charge in [-0.25, -0.2) is 0 Å². The predicted molar refractivity (Wildman–Crippen MR) is 84.3 cm³/mol. The Bertz CT molecular complexity index is 567. The van der Waals surface area contributed by atoms with Crippen LogP contribution in [0.5, 0.6) is 5.75 Å². The molecular formula is C14H20ClN3O4. The van der Waals surface area contributed by atoms with Gasteiger partial charge in [-0.2, -0.15) is 0 Å². The molecular weight excluding hydrogens is 310 g/mol. The molecule has 1 aliphatic rings. The van der Waals surface area contributed by atoms with Crippen LogP contribution in [-0.4, -0.2) is 40.0 Å². The molecule has 0 bridgehead atoms. The van der Waals surface area contributed by atoms with E-state index < -0.39 is 16.4 Å². The van der Waals surface area contributed by atoms with Crippen LogP contribution in [0.1, 0.15) is 30.1 Å². The van der Waals surface area contributed by atoms with Crippen molar-refractivity contribution in [2.24, 2.45) is 11.7 Å². The van der Waals surface area contributed by atoms with E-state index in [9.17, 15) is 20.0 Å². The fourth-order valence-electron chi connectivity index (χ4n) is 2.84. The Hall–Kier alpha value is -1.86. The van der Waals surface area contributed by atoms with Gasteiger partial charge in [-0.3, -0.25) is 14.9 Å². The van der Waals surface area contributed by atoms with Crippen molar-refractivity contribution in [1.29, 1.82) is 0 Å². The maximum atomic E-state index is 12.5. The highest BCUT2D eigenvalue weighted by molar-refractivity contribution is 5.95. The van der Waals surface area contributed by atoms with Crippen molar-refractivity contribution in [2.75, 3.05) is 13.1 Å². The molecule has 2 atom stereocenters. The Morgan fingerprint density at radius 2 is 2.23 bits per heavy atom. The largest absolute Gasteiger partial charge is 0.502 e. The monoisotopic (exact) mass is 329 g/mol. The number of hydrogen-bond donors (Lipinski definition) is 2. The lowest BCUT2D eigenvalue weighted by atomic mass is 9.90. The third-order valence-electron chi connectivity index (χ3n) is 4.04. The molecule has 1 heterocycles. The van der Waals surface area contributed by atoms with Crippen LogP contribution in [0, 0.1) is 16.0 Å². The minimum atomic E-state index is -0.685. The Morgan fingerprint density at radius 1 is 1.55 bits per heavy atom. The highest BCUT2D eigenvalue weighted by Gasteiger charge is 2.31. The number of phenols is 1. The molecule has 7 nitrogen and oxygen atoms in total. The summed E-state index contributed by atoms with van der Waals surface area (Å²) in [5.74, 6) is -0.429. The molecule has 122 valence electrons. The maximum Gasteiger partial charge on any atom is 0.310 e. The van der Waals surface area contributed by atoms with Gasteiger partial charge in [-0.15, -0.1) is 12.4 Å². The standard InChI is InChI=1S/C14H19N3O4.ClH/c1-9-3-2-6-16(12(9)8-15)14(19)10-4-5-11(17(20)21)13(18)7-10;/h4-5,7,9,12,18H,2-3,6,8,15H2,1H3;1H. The Kier molecular flexibility index (Phi) is 6.13. The first-order valence-corrected chi connectivity index (χ1v) is 6.94. The smallest absolute Gasteiger partial charge is 0.310 e. The molecule has 3 N–H and O–H groups in total. The molecule has 0 radical (unpaired) electrons. The number of rotatable bonds is 3. The lowest BCUT2D eigenvalue weighted by molar-refractivity contribution is -0.385. The summed E-state index contributed by atoms with van der Waals surface area (Å²) in [6, 6.07) is 3.62. The number of carbonyl (C=O) groups excluding carboxylic acids is 1. The van der Waals surface area contributed by atoms with Gasteiger partial charge in [0.2, 0.25) is 0 Å². The Labute approximate surface area is 134 Å². The Balaban J connectivity index is 0.00000242. The second kappa shape index (κ2) is 7.42. The number of carbonyl (C=O) groups is 1. The number of phenolic OH excluding ortho intramolecular Hbond substituents is 1. The van der Waals surface area contributed by atoms with Crippen LogP contribution < -0.4 is 5.73 Å². The zero-order valence-electron chi connectivity index (χ0n) is 12.3. The summed E-state index contributed by atoms with van der Waals surface area (Å²) < 4.78 is 0. The summed E-state index contributed by atoms with van der Waals surface area (Å²) >= 11 is 0. The molecule has 0 aromatic heterocycles. The molecule has 22 heavy (non-hydrogen) atoms. The molecule has 0 saturated carbocycles. The predicted octanol–water partition coefficient (Wildman–Crippen LogP) is 1.92. The van der Waals surface area contributed by atoms with Crippen LogP contribution in [-0.2, 0) is 0 Å². The zero-order valence-corrected chi connectivity index (χ0v) is 13.1. The first-order chi connectivity index (χ1) is 9.95. The third kappa shape index (κ3) is 3.48. The molecule has 1 saturated heterocycles. The van der Waals surface area contributed by atoms with E-state index in [4.69, 9.17) is 5.73 Å². The van der Waals surface area contributed by atoms with E-state index >= 15 is 0 Å². The average molecular weight is 330 g/mol. The van der Waals surface area contributed by atoms with Gasteiger partial charge in [0.1, 0.15) is 0 Å². The average Bonchev–Trinajstić information content (AvgIpc) is 2.45. The number of nitro benzene ring substituents is 1. The summed E-state index contributed by atoms with van der Waals surface area (Å²) in [6.07, 6.45) is 1.93. The SMILES string of the molecule is CC1CCCN(C(=O)c2ccc([N+](=O)[O-])c(O)c2)C1CN.Cl. The summed E-state index contributed by atoms with van der Waals surface area (Å²) in [4.78, 5) is 24.2. The van der Waals surface area contributed by atoms with Crippen LogP contribution in [0.4, 0.5) is 5.69 Å². The van der Waals surface area contributed by atoms with Gasteiger partial charge in [0.15, 0.2) is 5.75 Å². The summed E-state index contributed by atoms with van der Waals surface area (Å²) in [5, 5.41) is 20.3. The van der Waals surface area contributed by atoms with Crippen molar-refractivity contribution >= 4 is 24.0 Å². The number of piperidine rings is 1. The van der Waals surface area contributed by atoms with E-state index in [1.807, 2.05) is 0 Å². The van der Waals surface area contributed by atoms with Crippen LogP contribution in [0.3, 0.4) is 0 Å². The van der Waals surface area contributed by atoms with E-state index in [0.717, 1.165) is 25.0 Å². The van der Waals surface area contributed by atoms with Crippen LogP contribution in [0.15, 0.2) is 18.2 Å². The van der Waals surface area contributed by atoms with E-state index in [1.165, 1.54) is 6.07 Å². The number of nitrogens with two attached hydrogens (primary N) is 1. The number of halogens is 1. The first-order valence-electron chi connectivity index (χ1n) is 6.94. The summed E-state index contributed by atoms with van der Waals surface area (Å²) in [7, 11) is 0. The number of aromatic hydroxyl groups is 1. The minimum Gasteiger partial charge on any atom is -0.502 e. The van der Waals surface area contributed by atoms with Crippen LogP contribution >= 0.6 is 12.4 Å². The number of hydrogen-bond acceptors (Lipinski definition) is 5. The quantitative estimate of drug-likeness (QED) is 0.650. The fraction of sp³-hybridized carbons (Fsp3) is 0.500. The molecule has 1 aliphatic heterocycles. The lowest BCUT2D eigenvalue weighted by Gasteiger charge is -2.39. The van der Waals surface area contributed by atoms with Crippen molar-refractivity contribution in [3.63, 3.8) is 0 Å². The van der Waals surface area contributed by atoms with Gasteiger partial charge in [-0.1, -0.05) is 6.92 Å². The van der Waals surface area contributed by atoms with E-state index in [1.54, 1.807) is 4.90 Å². The van der Waals surface area contributed by atoms with E-state index in [2.05, 4.69) is 6.92 Å². The molecule has 2 rings (SSSR count). The van der Waals surface area contributed by atoms with Crippen molar-refractivity contribution < 1.29 is 14.8 Å². The highest BCUT2D eigenvalue weighted by atomic mass is 35.5. The minimum absolute atomic E-state index is 0. The first kappa shape index (κ1) is 18.2. The highest BCUT2D eigenvalue weighted by Crippen LogP contribution is 2.29. The second-order valence-corrected chi connectivity index (χ2v) is 5.38. The summed E-state index contributed by atoms with van der Waals surface area (Å²) in [6.45, 7) is 3.05. The van der Waals surface area contributed by atoms with Crippen molar-refractivity contribution in [1.82, 2.24) is 4.90 Å². The molecule has 1 aromatic rings. The van der Waals surface area contributed by atoms with Gasteiger partial charge in [0, 0.05) is 30.8 Å². The second-order valence-electron chi connectivity index (χ2n) is 5.38. The molecule has 0 aliphatic carbocycles. The van der Waals surface area contributed by atoms with Gasteiger partial charge in [0.25, 0.3) is 5.91 Å². The van der Waals surface area contributed by atoms with E-state index in [0.29, 0.717) is 19.0 Å². The molecule has 1 fully saturated rings. The Morgan fingerprint density at radius 3 is 2.77 bits per heavy atom. The third-order valence-corrected chi connectivity index (χ3v) is 4.04. The maximum absolute atomic E-state index is 12.5. The van der Waals surface area contributed by atoms with E-state index in [-0.39, 0.29) is 29.9 Å². The number of benzene rings is 1. The topological polar surface area (TPSA) is 110 Å². The van der Waals surface area contributed by atoms with Crippen molar-refractivity contribution in [2.45, 2.75) is 25.8 Å². The molecule has 8 heteroatoms. The zero-order chi connectivity index (χ0) is 15.6.